The molecular formula is C34H57N5O8. The van der Waals surface area contributed by atoms with E-state index in [4.69, 9.17) is 14.2 Å². The van der Waals surface area contributed by atoms with Gasteiger partial charge in [-0.3, -0.25) is 15.0 Å². The van der Waals surface area contributed by atoms with Gasteiger partial charge in [-0.25, -0.2) is 14.6 Å². The van der Waals surface area contributed by atoms with Gasteiger partial charge >= 0.3 is 12.2 Å². The number of nitrogens with one attached hydrogen (secondary N) is 4. The smallest absolute Gasteiger partial charge is 0.407 e. The van der Waals surface area contributed by atoms with Crippen LogP contribution in [-0.2, 0) is 30.2 Å². The zero-order valence-electron chi connectivity index (χ0n) is 29.0. The lowest BCUT2D eigenvalue weighted by molar-refractivity contribution is -0.131. The maximum atomic E-state index is 13.6. The largest absolute Gasteiger partial charge is 0.450 e. The number of hydrazine groups is 1. The van der Waals surface area contributed by atoms with Crippen LogP contribution < -0.4 is 21.4 Å². The second-order valence-corrected chi connectivity index (χ2v) is 12.8. The highest BCUT2D eigenvalue weighted by Crippen LogP contribution is 2.24. The number of aliphatic hydroxyl groups is 1. The molecule has 13 heteroatoms. The molecule has 0 radical (unpaired) electrons. The zero-order chi connectivity index (χ0) is 34.8. The van der Waals surface area contributed by atoms with E-state index >= 15 is 0 Å². The molecule has 1 fully saturated rings. The summed E-state index contributed by atoms with van der Waals surface area (Å²) in [5.41, 5.74) is 3.85. The molecule has 0 saturated heterocycles. The Balaban J connectivity index is 2.28. The number of nitrogens with zero attached hydrogens (tertiary/aromatic N) is 1. The normalized spacial score (nSPS) is 16.2. The van der Waals surface area contributed by atoms with E-state index in [0.717, 1.165) is 31.2 Å². The van der Waals surface area contributed by atoms with Gasteiger partial charge in [0.1, 0.15) is 18.7 Å². The SMILES string of the molecule is CCOC(=O)NC(C(=O)NN(CC1CCCCC1)C[C@@H](O)[C@H](Cc1ccccc1)NC(=O)C(NC(=O)OCCOC)C(C)C)C(C)C. The number of benzene rings is 1. The fourth-order valence-electron chi connectivity index (χ4n) is 5.61. The summed E-state index contributed by atoms with van der Waals surface area (Å²) in [6, 6.07) is 6.93. The van der Waals surface area contributed by atoms with Crippen molar-refractivity contribution >= 4 is 24.0 Å². The number of carbonyl (C=O) groups excluding carboxylic acids is 4. The molecule has 4 atom stereocenters. The first kappa shape index (κ1) is 39.8. The molecule has 1 aromatic carbocycles. The molecule has 0 aromatic heterocycles. The number of aliphatic hydroxyl groups excluding tert-OH is 1. The molecule has 2 unspecified atom stereocenters. The summed E-state index contributed by atoms with van der Waals surface area (Å²) < 4.78 is 15.0. The van der Waals surface area contributed by atoms with Crippen molar-refractivity contribution in [2.75, 3.05) is 40.0 Å². The van der Waals surface area contributed by atoms with Crippen molar-refractivity contribution in [3.63, 3.8) is 0 Å². The van der Waals surface area contributed by atoms with Crippen molar-refractivity contribution in [3.8, 4) is 0 Å². The molecule has 0 spiro atoms. The average Bonchev–Trinajstić information content (AvgIpc) is 3.03. The van der Waals surface area contributed by atoms with Crippen molar-refractivity contribution in [2.45, 2.75) is 97.4 Å². The standard InChI is InChI=1S/C34H57N5O8/c1-7-46-33(43)37-30(24(4)5)32(42)38-39(21-26-16-12-9-13-17-26)22-28(40)27(20-25-14-10-8-11-15-25)35-31(41)29(23(2)3)36-34(44)47-19-18-45-6/h8,10-11,14-15,23-24,26-30,40H,7,9,12-13,16-22H2,1-6H3,(H,35,41)(H,36,44)(H,37,43)(H,38,42)/t27-,28+,29?,30?/m0/s1. The Morgan fingerprint density at radius 1 is 0.851 bits per heavy atom. The summed E-state index contributed by atoms with van der Waals surface area (Å²) in [6.07, 6.45) is 3.14. The fourth-order valence-corrected chi connectivity index (χ4v) is 5.61. The van der Waals surface area contributed by atoms with Crippen LogP contribution in [0.1, 0.15) is 72.3 Å². The zero-order valence-corrected chi connectivity index (χ0v) is 29.0. The molecule has 47 heavy (non-hydrogen) atoms. The summed E-state index contributed by atoms with van der Waals surface area (Å²) in [5.74, 6) is -1.08. The van der Waals surface area contributed by atoms with Crippen LogP contribution in [0.15, 0.2) is 30.3 Å². The minimum Gasteiger partial charge on any atom is -0.450 e. The third-order valence-electron chi connectivity index (χ3n) is 8.21. The third kappa shape index (κ3) is 14.9. The highest BCUT2D eigenvalue weighted by molar-refractivity contribution is 5.86. The Morgan fingerprint density at radius 2 is 1.45 bits per heavy atom. The minimum absolute atomic E-state index is 0.0169. The predicted molar refractivity (Wildman–Crippen MR) is 178 cm³/mol. The van der Waals surface area contributed by atoms with Gasteiger partial charge in [-0.2, -0.15) is 0 Å². The Morgan fingerprint density at radius 3 is 2.02 bits per heavy atom. The Kier molecular flexibility index (Phi) is 18.1. The highest BCUT2D eigenvalue weighted by Gasteiger charge is 2.33. The predicted octanol–water partition coefficient (Wildman–Crippen LogP) is 3.16. The van der Waals surface area contributed by atoms with E-state index in [1.807, 2.05) is 44.2 Å². The van der Waals surface area contributed by atoms with Gasteiger partial charge in [-0.1, -0.05) is 77.3 Å². The summed E-state index contributed by atoms with van der Waals surface area (Å²) in [4.78, 5) is 51.7. The minimum atomic E-state index is -1.11. The monoisotopic (exact) mass is 663 g/mol. The number of amides is 4. The molecule has 13 nitrogen and oxygen atoms in total. The second-order valence-electron chi connectivity index (χ2n) is 12.8. The maximum Gasteiger partial charge on any atom is 0.407 e. The van der Waals surface area contributed by atoms with Crippen LogP contribution in [0.3, 0.4) is 0 Å². The number of hydrogen-bond donors (Lipinski definition) is 5. The van der Waals surface area contributed by atoms with E-state index in [2.05, 4.69) is 21.4 Å². The van der Waals surface area contributed by atoms with E-state index < -0.39 is 48.2 Å². The first-order valence-electron chi connectivity index (χ1n) is 16.9. The lowest BCUT2D eigenvalue weighted by atomic mass is 9.89. The van der Waals surface area contributed by atoms with Crippen molar-refractivity contribution in [1.82, 2.24) is 26.4 Å². The topological polar surface area (TPSA) is 168 Å². The Hall–Kier alpha value is -3.42. The van der Waals surface area contributed by atoms with Gasteiger partial charge < -0.3 is 35.3 Å². The third-order valence-corrected chi connectivity index (χ3v) is 8.21. The molecule has 1 aromatic rings. The van der Waals surface area contributed by atoms with E-state index in [-0.39, 0.29) is 38.2 Å². The van der Waals surface area contributed by atoms with Gasteiger partial charge in [0.2, 0.25) is 5.91 Å². The molecular weight excluding hydrogens is 606 g/mol. The number of methoxy groups -OCH3 is 1. The molecule has 0 aliphatic heterocycles. The second kappa shape index (κ2) is 21.5. The molecule has 0 bridgehead atoms. The first-order valence-corrected chi connectivity index (χ1v) is 16.9. The molecule has 1 aliphatic carbocycles. The quantitative estimate of drug-likeness (QED) is 0.110. The Bertz CT molecular complexity index is 1080. The fraction of sp³-hybridized carbons (Fsp3) is 0.706. The van der Waals surface area contributed by atoms with Crippen LogP contribution >= 0.6 is 0 Å². The summed E-state index contributed by atoms with van der Waals surface area (Å²) in [5, 5.41) is 21.7. The molecule has 2 rings (SSSR count). The van der Waals surface area contributed by atoms with Crippen LogP contribution in [0, 0.1) is 17.8 Å². The molecule has 1 aliphatic rings. The van der Waals surface area contributed by atoms with Crippen LogP contribution in [0.4, 0.5) is 9.59 Å². The lowest BCUT2D eigenvalue weighted by Gasteiger charge is -2.35. The number of carbonyl (C=O) groups is 4. The van der Waals surface area contributed by atoms with Gasteiger partial charge in [0.05, 0.1) is 25.4 Å². The van der Waals surface area contributed by atoms with E-state index in [9.17, 15) is 24.3 Å². The molecule has 0 heterocycles. The first-order chi connectivity index (χ1) is 22.4. The van der Waals surface area contributed by atoms with Crippen LogP contribution in [0.2, 0.25) is 0 Å². The van der Waals surface area contributed by atoms with Gasteiger partial charge in [-0.15, -0.1) is 0 Å². The van der Waals surface area contributed by atoms with Gasteiger partial charge in [0, 0.05) is 20.2 Å². The lowest BCUT2D eigenvalue weighted by Crippen LogP contribution is -2.60. The Labute approximate surface area is 279 Å². The maximum absolute atomic E-state index is 13.6. The van der Waals surface area contributed by atoms with Crippen molar-refractivity contribution in [1.29, 1.82) is 0 Å². The van der Waals surface area contributed by atoms with E-state index in [1.54, 1.807) is 25.8 Å². The number of rotatable bonds is 19. The molecule has 1 saturated carbocycles. The van der Waals surface area contributed by atoms with Gasteiger partial charge in [0.25, 0.3) is 5.91 Å². The van der Waals surface area contributed by atoms with E-state index in [1.165, 1.54) is 13.5 Å². The highest BCUT2D eigenvalue weighted by atomic mass is 16.6. The van der Waals surface area contributed by atoms with Gasteiger partial charge in [-0.05, 0) is 49.5 Å². The van der Waals surface area contributed by atoms with Crippen molar-refractivity contribution in [3.05, 3.63) is 35.9 Å². The van der Waals surface area contributed by atoms with Crippen molar-refractivity contribution in [2.24, 2.45) is 17.8 Å². The summed E-state index contributed by atoms with van der Waals surface area (Å²) >= 11 is 0. The number of alkyl carbamates (subject to hydrolysis) is 2. The van der Waals surface area contributed by atoms with Crippen LogP contribution in [0.25, 0.3) is 0 Å². The van der Waals surface area contributed by atoms with E-state index in [0.29, 0.717) is 18.9 Å². The molecule has 4 amide bonds. The number of hydrogen-bond acceptors (Lipinski definition) is 9. The van der Waals surface area contributed by atoms with Crippen LogP contribution in [-0.4, -0.2) is 98.4 Å². The average molecular weight is 664 g/mol. The summed E-state index contributed by atoms with van der Waals surface area (Å²) in [7, 11) is 1.49. The molecule has 266 valence electrons. The number of ether oxygens (including phenoxy) is 3. The molecule has 5 N–H and O–H groups in total. The van der Waals surface area contributed by atoms with Gasteiger partial charge in [0.15, 0.2) is 0 Å². The van der Waals surface area contributed by atoms with Crippen molar-refractivity contribution < 1.29 is 38.5 Å². The van der Waals surface area contributed by atoms with Crippen LogP contribution in [0.5, 0.6) is 0 Å². The summed E-state index contributed by atoms with van der Waals surface area (Å²) in [6.45, 7) is 9.92.